The second kappa shape index (κ2) is 5.05. The van der Waals surface area contributed by atoms with Crippen LogP contribution in [0.15, 0.2) is 41.1 Å². The van der Waals surface area contributed by atoms with Crippen molar-refractivity contribution in [3.8, 4) is 0 Å². The van der Waals surface area contributed by atoms with E-state index in [0.29, 0.717) is 12.5 Å². The Balaban J connectivity index is 2.16. The number of anilines is 2. The highest BCUT2D eigenvalue weighted by atomic mass is 79.9. The van der Waals surface area contributed by atoms with Crippen molar-refractivity contribution in [2.24, 2.45) is 5.73 Å². The maximum Gasteiger partial charge on any atom is 0.227 e. The highest BCUT2D eigenvalue weighted by Crippen LogP contribution is 2.15. The molecule has 1 aromatic carbocycles. The molecule has 5 heteroatoms. The number of rotatable bonds is 3. The van der Waals surface area contributed by atoms with Crippen LogP contribution in [0.2, 0.25) is 0 Å². The SMILES string of the molecule is NCc1cccc(Nc2ncc(Br)cn2)c1. The number of benzene rings is 1. The molecule has 1 aromatic heterocycles. The number of hydrogen-bond acceptors (Lipinski definition) is 4. The predicted octanol–water partition coefficient (Wildman–Crippen LogP) is 2.44. The molecule has 0 fully saturated rings. The summed E-state index contributed by atoms with van der Waals surface area (Å²) in [6.45, 7) is 0.525. The van der Waals surface area contributed by atoms with Crippen molar-refractivity contribution in [2.45, 2.75) is 6.54 Å². The molecule has 0 saturated heterocycles. The van der Waals surface area contributed by atoms with Crippen LogP contribution in [0, 0.1) is 0 Å². The van der Waals surface area contributed by atoms with Crippen LogP contribution in [0.25, 0.3) is 0 Å². The zero-order valence-electron chi connectivity index (χ0n) is 8.52. The van der Waals surface area contributed by atoms with Crippen LogP contribution >= 0.6 is 15.9 Å². The molecule has 0 saturated carbocycles. The molecular weight excluding hydrogens is 268 g/mol. The Morgan fingerprint density at radius 2 is 2.00 bits per heavy atom. The van der Waals surface area contributed by atoms with Gasteiger partial charge in [0.05, 0.1) is 4.47 Å². The Bertz CT molecular complexity index is 470. The van der Waals surface area contributed by atoms with Gasteiger partial charge in [0.2, 0.25) is 5.95 Å². The molecule has 82 valence electrons. The van der Waals surface area contributed by atoms with Gasteiger partial charge in [-0.15, -0.1) is 0 Å². The molecule has 3 N–H and O–H groups in total. The average Bonchev–Trinajstić information content (AvgIpc) is 2.32. The molecule has 0 spiro atoms. The second-order valence-electron chi connectivity index (χ2n) is 3.25. The monoisotopic (exact) mass is 278 g/mol. The Morgan fingerprint density at radius 1 is 1.25 bits per heavy atom. The third-order valence-electron chi connectivity index (χ3n) is 2.04. The summed E-state index contributed by atoms with van der Waals surface area (Å²) in [5.41, 5.74) is 7.57. The average molecular weight is 279 g/mol. The van der Waals surface area contributed by atoms with E-state index in [0.717, 1.165) is 15.7 Å². The molecule has 0 atom stereocenters. The summed E-state index contributed by atoms with van der Waals surface area (Å²) in [5.74, 6) is 0.567. The van der Waals surface area contributed by atoms with E-state index in [9.17, 15) is 0 Å². The van der Waals surface area contributed by atoms with E-state index < -0.39 is 0 Å². The molecule has 1 heterocycles. The lowest BCUT2D eigenvalue weighted by Crippen LogP contribution is -1.99. The van der Waals surface area contributed by atoms with Gasteiger partial charge in [-0.1, -0.05) is 12.1 Å². The minimum absolute atomic E-state index is 0.525. The van der Waals surface area contributed by atoms with Gasteiger partial charge in [-0.3, -0.25) is 0 Å². The van der Waals surface area contributed by atoms with E-state index in [1.807, 2.05) is 24.3 Å². The fourth-order valence-electron chi connectivity index (χ4n) is 1.28. The molecule has 2 aromatic rings. The second-order valence-corrected chi connectivity index (χ2v) is 4.17. The lowest BCUT2D eigenvalue weighted by atomic mass is 10.2. The van der Waals surface area contributed by atoms with Crippen molar-refractivity contribution in [3.63, 3.8) is 0 Å². The van der Waals surface area contributed by atoms with Gasteiger partial charge >= 0.3 is 0 Å². The van der Waals surface area contributed by atoms with Crippen molar-refractivity contribution >= 4 is 27.6 Å². The molecule has 4 nitrogen and oxygen atoms in total. The zero-order chi connectivity index (χ0) is 11.4. The van der Waals surface area contributed by atoms with Crippen LogP contribution in [0.1, 0.15) is 5.56 Å². The van der Waals surface area contributed by atoms with Gasteiger partial charge < -0.3 is 11.1 Å². The number of nitrogens with one attached hydrogen (secondary N) is 1. The van der Waals surface area contributed by atoms with E-state index in [4.69, 9.17) is 5.73 Å². The zero-order valence-corrected chi connectivity index (χ0v) is 10.1. The summed E-state index contributed by atoms with van der Waals surface area (Å²) in [7, 11) is 0. The van der Waals surface area contributed by atoms with Crippen molar-refractivity contribution in [2.75, 3.05) is 5.32 Å². The standard InChI is InChI=1S/C11H11BrN4/c12-9-6-14-11(15-7-9)16-10-3-1-2-8(4-10)5-13/h1-4,6-7H,5,13H2,(H,14,15,16). The summed E-state index contributed by atoms with van der Waals surface area (Å²) in [5, 5.41) is 3.11. The maximum atomic E-state index is 5.57. The molecule has 2 rings (SSSR count). The van der Waals surface area contributed by atoms with Gasteiger partial charge in [-0.25, -0.2) is 9.97 Å². The minimum atomic E-state index is 0.525. The van der Waals surface area contributed by atoms with E-state index in [1.165, 1.54) is 0 Å². The highest BCUT2D eigenvalue weighted by Gasteiger charge is 1.98. The van der Waals surface area contributed by atoms with E-state index in [2.05, 4.69) is 31.2 Å². The summed E-state index contributed by atoms with van der Waals surface area (Å²) in [6, 6.07) is 7.85. The lowest BCUT2D eigenvalue weighted by Gasteiger charge is -2.05. The van der Waals surface area contributed by atoms with Crippen LogP contribution in [-0.4, -0.2) is 9.97 Å². The molecular formula is C11H11BrN4. The van der Waals surface area contributed by atoms with E-state index in [1.54, 1.807) is 12.4 Å². The van der Waals surface area contributed by atoms with Crippen molar-refractivity contribution in [3.05, 3.63) is 46.7 Å². The molecule has 0 unspecified atom stereocenters. The van der Waals surface area contributed by atoms with Gasteiger partial charge in [0.1, 0.15) is 0 Å². The van der Waals surface area contributed by atoms with Crippen molar-refractivity contribution < 1.29 is 0 Å². The van der Waals surface area contributed by atoms with Crippen molar-refractivity contribution in [1.82, 2.24) is 9.97 Å². The largest absolute Gasteiger partial charge is 0.326 e. The Labute approximate surface area is 102 Å². The Morgan fingerprint density at radius 3 is 2.69 bits per heavy atom. The number of aromatic nitrogens is 2. The predicted molar refractivity (Wildman–Crippen MR) is 67.3 cm³/mol. The normalized spacial score (nSPS) is 10.1. The van der Waals surface area contributed by atoms with Crippen molar-refractivity contribution in [1.29, 1.82) is 0 Å². The van der Waals surface area contributed by atoms with E-state index in [-0.39, 0.29) is 0 Å². The molecule has 0 aliphatic carbocycles. The molecule has 0 aliphatic rings. The summed E-state index contributed by atoms with van der Waals surface area (Å²) >= 11 is 3.28. The van der Waals surface area contributed by atoms with Gasteiger partial charge in [0.25, 0.3) is 0 Å². The molecule has 0 bridgehead atoms. The van der Waals surface area contributed by atoms with Crippen LogP contribution < -0.4 is 11.1 Å². The summed E-state index contributed by atoms with van der Waals surface area (Å²) < 4.78 is 0.855. The van der Waals surface area contributed by atoms with Gasteiger partial charge in [0.15, 0.2) is 0 Å². The van der Waals surface area contributed by atoms with Gasteiger partial charge in [-0.2, -0.15) is 0 Å². The third kappa shape index (κ3) is 2.77. The number of hydrogen-bond donors (Lipinski definition) is 2. The first-order chi connectivity index (χ1) is 7.78. The maximum absolute atomic E-state index is 5.57. The first-order valence-corrected chi connectivity index (χ1v) is 5.61. The summed E-state index contributed by atoms with van der Waals surface area (Å²) in [6.07, 6.45) is 3.39. The van der Waals surface area contributed by atoms with Crippen LogP contribution in [0.4, 0.5) is 11.6 Å². The van der Waals surface area contributed by atoms with Gasteiger partial charge in [-0.05, 0) is 33.6 Å². The Hall–Kier alpha value is -1.46. The van der Waals surface area contributed by atoms with Crippen LogP contribution in [0.3, 0.4) is 0 Å². The highest BCUT2D eigenvalue weighted by molar-refractivity contribution is 9.10. The lowest BCUT2D eigenvalue weighted by molar-refractivity contribution is 1.07. The first-order valence-electron chi connectivity index (χ1n) is 4.81. The quantitative estimate of drug-likeness (QED) is 0.905. The number of halogens is 1. The molecule has 0 aliphatic heterocycles. The molecule has 16 heavy (non-hydrogen) atoms. The molecule has 0 amide bonds. The number of nitrogens with two attached hydrogens (primary N) is 1. The minimum Gasteiger partial charge on any atom is -0.326 e. The first kappa shape index (κ1) is 11.0. The van der Waals surface area contributed by atoms with Crippen LogP contribution in [0.5, 0.6) is 0 Å². The topological polar surface area (TPSA) is 63.8 Å². The summed E-state index contributed by atoms with van der Waals surface area (Å²) in [4.78, 5) is 8.26. The van der Waals surface area contributed by atoms with E-state index >= 15 is 0 Å². The Kier molecular flexibility index (Phi) is 3.48. The van der Waals surface area contributed by atoms with Gasteiger partial charge in [0, 0.05) is 24.6 Å². The fraction of sp³-hybridized carbons (Fsp3) is 0.0909. The molecule has 0 radical (unpaired) electrons. The van der Waals surface area contributed by atoms with Crippen LogP contribution in [-0.2, 0) is 6.54 Å². The third-order valence-corrected chi connectivity index (χ3v) is 2.45. The fourth-order valence-corrected chi connectivity index (χ4v) is 1.49. The number of nitrogens with zero attached hydrogens (tertiary/aromatic N) is 2. The smallest absolute Gasteiger partial charge is 0.227 e.